The van der Waals surface area contributed by atoms with Crippen LogP contribution in [0.25, 0.3) is 0 Å². The Hall–Kier alpha value is -0.570. The Morgan fingerprint density at radius 2 is 1.88 bits per heavy atom. The molecule has 0 bridgehead atoms. The highest BCUT2D eigenvalue weighted by atomic mass is 16.2. The Morgan fingerprint density at radius 1 is 1.31 bits per heavy atom. The molecule has 0 aliphatic heterocycles. The van der Waals surface area contributed by atoms with Gasteiger partial charge in [0.05, 0.1) is 0 Å². The molecule has 0 saturated heterocycles. The second-order valence-corrected chi connectivity index (χ2v) is 5.84. The first-order valence-electron chi connectivity index (χ1n) is 6.47. The standard InChI is InChI=1S/C13H26N2O/c1-4-12(2,3)11(16)15-10-13(14)8-6-5-7-9-13/h4-10,14H2,1-3H3,(H,15,16). The SMILES string of the molecule is CCC(C)(C)C(=O)NCC1(N)CCCCC1. The van der Waals surface area contributed by atoms with Crippen LogP contribution in [0.1, 0.15) is 59.3 Å². The third kappa shape index (κ3) is 3.48. The van der Waals surface area contributed by atoms with Crippen LogP contribution in [0.4, 0.5) is 0 Å². The molecule has 0 aromatic carbocycles. The maximum atomic E-state index is 11.9. The number of nitrogens with one attached hydrogen (secondary N) is 1. The maximum absolute atomic E-state index is 11.9. The molecule has 1 amide bonds. The van der Waals surface area contributed by atoms with E-state index in [1.165, 1.54) is 19.3 Å². The number of carbonyl (C=O) groups is 1. The van der Waals surface area contributed by atoms with Crippen molar-refractivity contribution in [2.75, 3.05) is 6.54 Å². The molecule has 1 saturated carbocycles. The number of carbonyl (C=O) groups excluding carboxylic acids is 1. The summed E-state index contributed by atoms with van der Waals surface area (Å²) in [5.74, 6) is 0.130. The van der Waals surface area contributed by atoms with Crippen LogP contribution in [0.5, 0.6) is 0 Å². The van der Waals surface area contributed by atoms with Crippen LogP contribution >= 0.6 is 0 Å². The lowest BCUT2D eigenvalue weighted by atomic mass is 9.82. The molecule has 3 heteroatoms. The summed E-state index contributed by atoms with van der Waals surface area (Å²) < 4.78 is 0. The van der Waals surface area contributed by atoms with Gasteiger partial charge in [-0.1, -0.05) is 40.0 Å². The Bertz CT molecular complexity index is 242. The molecule has 16 heavy (non-hydrogen) atoms. The van der Waals surface area contributed by atoms with E-state index in [0.717, 1.165) is 19.3 Å². The van der Waals surface area contributed by atoms with Crippen LogP contribution in [0, 0.1) is 5.41 Å². The molecule has 0 radical (unpaired) electrons. The van der Waals surface area contributed by atoms with Crippen LogP contribution in [-0.4, -0.2) is 18.0 Å². The molecule has 0 spiro atoms. The van der Waals surface area contributed by atoms with Crippen LogP contribution in [0.15, 0.2) is 0 Å². The zero-order valence-corrected chi connectivity index (χ0v) is 10.9. The van der Waals surface area contributed by atoms with Crippen LogP contribution < -0.4 is 11.1 Å². The van der Waals surface area contributed by atoms with Gasteiger partial charge in [0.2, 0.25) is 5.91 Å². The Labute approximate surface area is 99.2 Å². The van der Waals surface area contributed by atoms with E-state index in [2.05, 4.69) is 5.32 Å². The van der Waals surface area contributed by atoms with Gasteiger partial charge in [-0.25, -0.2) is 0 Å². The highest BCUT2D eigenvalue weighted by Gasteiger charge is 2.31. The average molecular weight is 226 g/mol. The molecule has 94 valence electrons. The van der Waals surface area contributed by atoms with Crippen molar-refractivity contribution in [2.24, 2.45) is 11.1 Å². The van der Waals surface area contributed by atoms with Gasteiger partial charge < -0.3 is 11.1 Å². The summed E-state index contributed by atoms with van der Waals surface area (Å²) in [6.45, 7) is 6.63. The monoisotopic (exact) mass is 226 g/mol. The van der Waals surface area contributed by atoms with Gasteiger partial charge in [0.15, 0.2) is 0 Å². The lowest BCUT2D eigenvalue weighted by molar-refractivity contribution is -0.129. The fourth-order valence-electron chi connectivity index (χ4n) is 2.09. The Balaban J connectivity index is 2.41. The Kier molecular flexibility index (Phi) is 4.36. The van der Waals surface area contributed by atoms with Crippen LogP contribution in [0.3, 0.4) is 0 Å². The van der Waals surface area contributed by atoms with Crippen molar-refractivity contribution in [2.45, 2.75) is 64.8 Å². The summed E-state index contributed by atoms with van der Waals surface area (Å²) >= 11 is 0. The van der Waals surface area contributed by atoms with Gasteiger partial charge in [-0.3, -0.25) is 4.79 Å². The summed E-state index contributed by atoms with van der Waals surface area (Å²) in [6.07, 6.45) is 6.62. The lowest BCUT2D eigenvalue weighted by Crippen LogP contribution is -2.53. The van der Waals surface area contributed by atoms with E-state index in [9.17, 15) is 4.79 Å². The first-order chi connectivity index (χ1) is 7.40. The first-order valence-corrected chi connectivity index (χ1v) is 6.47. The van der Waals surface area contributed by atoms with E-state index in [1.54, 1.807) is 0 Å². The number of rotatable bonds is 4. The molecule has 1 rings (SSSR count). The normalized spacial score (nSPS) is 20.5. The summed E-state index contributed by atoms with van der Waals surface area (Å²) in [6, 6.07) is 0. The minimum absolute atomic E-state index is 0.130. The molecule has 1 fully saturated rings. The number of nitrogens with two attached hydrogens (primary N) is 1. The second kappa shape index (κ2) is 5.17. The quantitative estimate of drug-likeness (QED) is 0.772. The molecular weight excluding hydrogens is 200 g/mol. The topological polar surface area (TPSA) is 55.1 Å². The van der Waals surface area contributed by atoms with E-state index in [-0.39, 0.29) is 16.9 Å². The number of hydrogen-bond acceptors (Lipinski definition) is 2. The largest absolute Gasteiger partial charge is 0.354 e. The summed E-state index contributed by atoms with van der Waals surface area (Å²) in [7, 11) is 0. The summed E-state index contributed by atoms with van der Waals surface area (Å²) in [4.78, 5) is 11.9. The van der Waals surface area contributed by atoms with E-state index >= 15 is 0 Å². The van der Waals surface area contributed by atoms with E-state index in [0.29, 0.717) is 6.54 Å². The zero-order valence-electron chi connectivity index (χ0n) is 10.9. The van der Waals surface area contributed by atoms with E-state index < -0.39 is 0 Å². The zero-order chi connectivity index (χ0) is 12.2. The lowest BCUT2D eigenvalue weighted by Gasteiger charge is -2.34. The van der Waals surface area contributed by atoms with Crippen molar-refractivity contribution < 1.29 is 4.79 Å². The van der Waals surface area contributed by atoms with Gasteiger partial charge in [0.25, 0.3) is 0 Å². The van der Waals surface area contributed by atoms with Gasteiger partial charge in [-0.15, -0.1) is 0 Å². The van der Waals surface area contributed by atoms with Crippen LogP contribution in [-0.2, 0) is 4.79 Å². The fraction of sp³-hybridized carbons (Fsp3) is 0.923. The average Bonchev–Trinajstić information content (AvgIpc) is 2.27. The molecule has 0 aromatic heterocycles. The summed E-state index contributed by atoms with van der Waals surface area (Å²) in [5, 5.41) is 3.02. The molecule has 0 unspecified atom stereocenters. The molecule has 0 atom stereocenters. The molecule has 0 aromatic rings. The van der Waals surface area contributed by atoms with Gasteiger partial charge in [0.1, 0.15) is 0 Å². The second-order valence-electron chi connectivity index (χ2n) is 5.84. The maximum Gasteiger partial charge on any atom is 0.225 e. The fourth-order valence-corrected chi connectivity index (χ4v) is 2.09. The highest BCUT2D eigenvalue weighted by molar-refractivity contribution is 5.81. The number of hydrogen-bond donors (Lipinski definition) is 2. The smallest absolute Gasteiger partial charge is 0.225 e. The van der Waals surface area contributed by atoms with Crippen molar-refractivity contribution in [1.29, 1.82) is 0 Å². The Morgan fingerprint density at radius 3 is 2.38 bits per heavy atom. The van der Waals surface area contributed by atoms with E-state index in [4.69, 9.17) is 5.73 Å². The summed E-state index contributed by atoms with van der Waals surface area (Å²) in [5.41, 5.74) is 5.85. The van der Waals surface area contributed by atoms with Crippen molar-refractivity contribution >= 4 is 5.91 Å². The molecule has 1 aliphatic carbocycles. The van der Waals surface area contributed by atoms with Gasteiger partial charge in [-0.05, 0) is 19.3 Å². The highest BCUT2D eigenvalue weighted by Crippen LogP contribution is 2.26. The van der Waals surface area contributed by atoms with Gasteiger partial charge in [0, 0.05) is 17.5 Å². The predicted octanol–water partition coefficient (Wildman–Crippen LogP) is 2.20. The minimum atomic E-state index is -0.273. The molecule has 0 heterocycles. The first kappa shape index (κ1) is 13.5. The number of amides is 1. The third-order valence-corrected chi connectivity index (χ3v) is 3.95. The van der Waals surface area contributed by atoms with Gasteiger partial charge >= 0.3 is 0 Å². The molecule has 1 aliphatic rings. The predicted molar refractivity (Wildman–Crippen MR) is 67.1 cm³/mol. The molecular formula is C13H26N2O. The molecule has 3 nitrogen and oxygen atoms in total. The molecule has 3 N–H and O–H groups in total. The van der Waals surface area contributed by atoms with Crippen LogP contribution in [0.2, 0.25) is 0 Å². The van der Waals surface area contributed by atoms with Crippen molar-refractivity contribution in [3.05, 3.63) is 0 Å². The van der Waals surface area contributed by atoms with Crippen molar-refractivity contribution in [1.82, 2.24) is 5.32 Å². The van der Waals surface area contributed by atoms with Crippen molar-refractivity contribution in [3.8, 4) is 0 Å². The van der Waals surface area contributed by atoms with Crippen molar-refractivity contribution in [3.63, 3.8) is 0 Å². The minimum Gasteiger partial charge on any atom is -0.354 e. The van der Waals surface area contributed by atoms with E-state index in [1.807, 2.05) is 20.8 Å². The third-order valence-electron chi connectivity index (χ3n) is 3.95. The van der Waals surface area contributed by atoms with Gasteiger partial charge in [-0.2, -0.15) is 0 Å².